The smallest absolute Gasteiger partial charge is 0.251 e. The van der Waals surface area contributed by atoms with Crippen LogP contribution in [0.15, 0.2) is 18.3 Å². The van der Waals surface area contributed by atoms with Crippen LogP contribution in [0.1, 0.15) is 56.8 Å². The summed E-state index contributed by atoms with van der Waals surface area (Å²) in [4.78, 5) is 15.4. The molecule has 0 fully saturated rings. The van der Waals surface area contributed by atoms with Crippen molar-refractivity contribution in [3.63, 3.8) is 0 Å². The fourth-order valence-electron chi connectivity index (χ4n) is 2.23. The monoisotopic (exact) mass is 266 g/mol. The van der Waals surface area contributed by atoms with Gasteiger partial charge in [-0.05, 0) is 25.3 Å². The number of unbranched alkanes of at least 4 members (excludes halogenated alkanes) is 1. The van der Waals surface area contributed by atoms with Crippen LogP contribution in [-0.2, 0) is 0 Å². The lowest BCUT2D eigenvalue weighted by Gasteiger charge is -2.23. The van der Waals surface area contributed by atoms with Gasteiger partial charge < -0.3 is 5.32 Å². The van der Waals surface area contributed by atoms with Crippen LogP contribution in [0.25, 0.3) is 0 Å². The van der Waals surface area contributed by atoms with E-state index in [1.807, 2.05) is 6.92 Å². The van der Waals surface area contributed by atoms with Gasteiger partial charge in [-0.2, -0.15) is 4.39 Å². The highest BCUT2D eigenvalue weighted by Gasteiger charge is 2.18. The maximum atomic E-state index is 13.0. The lowest BCUT2D eigenvalue weighted by atomic mass is 9.92. The first-order chi connectivity index (χ1) is 9.08. The first-order valence-corrected chi connectivity index (χ1v) is 7.00. The summed E-state index contributed by atoms with van der Waals surface area (Å²) in [7, 11) is 0. The first kappa shape index (κ1) is 15.6. The number of nitrogens with zero attached hydrogens (tertiary/aromatic N) is 1. The molecule has 1 rings (SSSR count). The van der Waals surface area contributed by atoms with Gasteiger partial charge in [-0.3, -0.25) is 4.79 Å². The molecule has 19 heavy (non-hydrogen) atoms. The molecule has 0 saturated carbocycles. The van der Waals surface area contributed by atoms with Crippen LogP contribution >= 0.6 is 0 Å². The summed E-state index contributed by atoms with van der Waals surface area (Å²) in [6, 6.07) is 2.79. The Balaban J connectivity index is 2.59. The van der Waals surface area contributed by atoms with Crippen molar-refractivity contribution < 1.29 is 9.18 Å². The molecule has 0 saturated heterocycles. The molecule has 106 valence electrons. The Labute approximate surface area is 114 Å². The number of hydrogen-bond acceptors (Lipinski definition) is 2. The Hall–Kier alpha value is -1.45. The van der Waals surface area contributed by atoms with E-state index >= 15 is 0 Å². The lowest BCUT2D eigenvalue weighted by Crippen LogP contribution is -2.38. The van der Waals surface area contributed by atoms with Gasteiger partial charge in [0.1, 0.15) is 0 Å². The predicted molar refractivity (Wildman–Crippen MR) is 74.4 cm³/mol. The van der Waals surface area contributed by atoms with Crippen LogP contribution in [0.3, 0.4) is 0 Å². The van der Waals surface area contributed by atoms with Crippen molar-refractivity contribution in [2.45, 2.75) is 52.5 Å². The lowest BCUT2D eigenvalue weighted by molar-refractivity contribution is 0.0923. The van der Waals surface area contributed by atoms with Gasteiger partial charge in [0.25, 0.3) is 5.91 Å². The highest BCUT2D eigenvalue weighted by molar-refractivity contribution is 5.94. The van der Waals surface area contributed by atoms with Crippen LogP contribution in [0.4, 0.5) is 4.39 Å². The summed E-state index contributed by atoms with van der Waals surface area (Å²) in [6.45, 7) is 6.31. The fraction of sp³-hybridized carbons (Fsp3) is 0.600. The van der Waals surface area contributed by atoms with Crippen LogP contribution < -0.4 is 5.32 Å². The predicted octanol–water partition coefficient (Wildman–Crippen LogP) is 3.56. The number of hydrogen-bond donors (Lipinski definition) is 1. The average Bonchev–Trinajstić information content (AvgIpc) is 2.39. The molecular formula is C15H23FN2O. The molecule has 0 aromatic carbocycles. The highest BCUT2D eigenvalue weighted by atomic mass is 19.1. The molecule has 0 spiro atoms. The van der Waals surface area contributed by atoms with Gasteiger partial charge >= 0.3 is 0 Å². The number of amides is 1. The van der Waals surface area contributed by atoms with E-state index in [4.69, 9.17) is 0 Å². The molecule has 0 aliphatic carbocycles. The van der Waals surface area contributed by atoms with Gasteiger partial charge in [0.05, 0.1) is 0 Å². The van der Waals surface area contributed by atoms with Crippen molar-refractivity contribution in [1.29, 1.82) is 0 Å². The van der Waals surface area contributed by atoms with Gasteiger partial charge in [-0.1, -0.05) is 33.1 Å². The number of rotatable bonds is 7. The van der Waals surface area contributed by atoms with E-state index < -0.39 is 5.95 Å². The van der Waals surface area contributed by atoms with Crippen molar-refractivity contribution in [3.8, 4) is 0 Å². The molecule has 1 amide bonds. The molecule has 1 unspecified atom stereocenters. The van der Waals surface area contributed by atoms with Crippen LogP contribution in [0, 0.1) is 11.9 Å². The molecule has 0 aliphatic heterocycles. The van der Waals surface area contributed by atoms with Crippen molar-refractivity contribution in [3.05, 3.63) is 29.8 Å². The van der Waals surface area contributed by atoms with Crippen molar-refractivity contribution >= 4 is 5.91 Å². The highest BCUT2D eigenvalue weighted by Crippen LogP contribution is 2.17. The van der Waals surface area contributed by atoms with Gasteiger partial charge in [-0.25, -0.2) is 4.98 Å². The number of carbonyl (C=O) groups excluding carboxylic acids is 1. The van der Waals surface area contributed by atoms with E-state index in [2.05, 4.69) is 24.1 Å². The summed E-state index contributed by atoms with van der Waals surface area (Å²) in [6.07, 6.45) is 5.78. The molecular weight excluding hydrogens is 243 g/mol. The maximum Gasteiger partial charge on any atom is 0.251 e. The minimum Gasteiger partial charge on any atom is -0.349 e. The number of carbonyl (C=O) groups is 1. The summed E-state index contributed by atoms with van der Waals surface area (Å²) >= 11 is 0. The topological polar surface area (TPSA) is 42.0 Å². The minimum absolute atomic E-state index is 0.0975. The Morgan fingerprint density at radius 3 is 2.79 bits per heavy atom. The second-order valence-corrected chi connectivity index (χ2v) is 4.94. The molecule has 1 N–H and O–H groups in total. The van der Waals surface area contributed by atoms with Gasteiger partial charge in [-0.15, -0.1) is 0 Å². The summed E-state index contributed by atoms with van der Waals surface area (Å²) in [5.74, 6) is -0.391. The normalized spacial score (nSPS) is 13.9. The Morgan fingerprint density at radius 1 is 1.47 bits per heavy atom. The molecule has 0 bridgehead atoms. The molecule has 1 aromatic rings. The average molecular weight is 266 g/mol. The van der Waals surface area contributed by atoms with Gasteiger partial charge in [0, 0.05) is 23.9 Å². The largest absolute Gasteiger partial charge is 0.349 e. The third-order valence-corrected chi connectivity index (χ3v) is 3.51. The van der Waals surface area contributed by atoms with Gasteiger partial charge in [0.2, 0.25) is 5.95 Å². The summed E-state index contributed by atoms with van der Waals surface area (Å²) in [5.41, 5.74) is 0.324. The van der Waals surface area contributed by atoms with Gasteiger partial charge in [0.15, 0.2) is 0 Å². The third kappa shape index (κ3) is 4.97. The zero-order valence-electron chi connectivity index (χ0n) is 11.9. The van der Waals surface area contributed by atoms with Crippen molar-refractivity contribution in [2.24, 2.45) is 5.92 Å². The first-order valence-electron chi connectivity index (χ1n) is 7.00. The van der Waals surface area contributed by atoms with Crippen LogP contribution in [0.2, 0.25) is 0 Å². The second kappa shape index (κ2) is 7.87. The molecule has 4 heteroatoms. The number of nitrogens with one attached hydrogen (secondary N) is 1. The summed E-state index contributed by atoms with van der Waals surface area (Å²) in [5, 5.41) is 2.95. The third-order valence-electron chi connectivity index (χ3n) is 3.51. The van der Waals surface area contributed by atoms with E-state index in [1.165, 1.54) is 18.7 Å². The summed E-state index contributed by atoms with van der Waals surface area (Å²) < 4.78 is 13.0. The standard InChI is InChI=1S/C15H23FN2O/c1-4-6-7-12(5-2)11(3)18-15(19)13-8-9-17-14(16)10-13/h8-12H,4-7H2,1-3H3,(H,18,19)/t11-,12?/m0/s1. The SMILES string of the molecule is CCCCC(CC)[C@H](C)NC(=O)c1ccnc(F)c1. The van der Waals surface area contributed by atoms with Crippen LogP contribution in [0.5, 0.6) is 0 Å². The molecule has 0 aliphatic rings. The van der Waals surface area contributed by atoms with E-state index in [1.54, 1.807) is 0 Å². The van der Waals surface area contributed by atoms with Crippen molar-refractivity contribution in [1.82, 2.24) is 10.3 Å². The molecule has 0 radical (unpaired) electrons. The Kier molecular flexibility index (Phi) is 6.46. The molecule has 3 nitrogen and oxygen atoms in total. The quantitative estimate of drug-likeness (QED) is 0.767. The minimum atomic E-state index is -0.627. The van der Waals surface area contributed by atoms with E-state index in [9.17, 15) is 9.18 Å². The zero-order valence-corrected chi connectivity index (χ0v) is 11.9. The Morgan fingerprint density at radius 2 is 2.21 bits per heavy atom. The van der Waals surface area contributed by atoms with Crippen LogP contribution in [-0.4, -0.2) is 16.9 Å². The molecule has 1 heterocycles. The Bertz CT molecular complexity index is 409. The number of halogens is 1. The second-order valence-electron chi connectivity index (χ2n) is 4.94. The molecule has 2 atom stereocenters. The number of pyridine rings is 1. The zero-order chi connectivity index (χ0) is 14.3. The molecule has 1 aromatic heterocycles. The number of aromatic nitrogens is 1. The maximum absolute atomic E-state index is 13.0. The van der Waals surface area contributed by atoms with Crippen molar-refractivity contribution in [2.75, 3.05) is 0 Å². The van der Waals surface area contributed by atoms with E-state index in [0.29, 0.717) is 11.5 Å². The fourth-order valence-corrected chi connectivity index (χ4v) is 2.23. The van der Waals surface area contributed by atoms with E-state index in [0.717, 1.165) is 25.3 Å². The van der Waals surface area contributed by atoms with E-state index in [-0.39, 0.29) is 11.9 Å².